The predicted octanol–water partition coefficient (Wildman–Crippen LogP) is -0.114. The van der Waals surface area contributed by atoms with Crippen molar-refractivity contribution in [3.63, 3.8) is 0 Å². The van der Waals surface area contributed by atoms with Crippen molar-refractivity contribution in [3.05, 3.63) is 29.8 Å². The number of hydrazine groups is 1. The Balaban J connectivity index is 1.77. The summed E-state index contributed by atoms with van der Waals surface area (Å²) in [6.07, 6.45) is 0. The van der Waals surface area contributed by atoms with Gasteiger partial charge in [-0.2, -0.15) is 0 Å². The molecule has 1 heterocycles. The van der Waals surface area contributed by atoms with Gasteiger partial charge < -0.3 is 9.47 Å². The molecule has 0 spiro atoms. The van der Waals surface area contributed by atoms with Gasteiger partial charge in [-0.05, 0) is 17.7 Å². The van der Waals surface area contributed by atoms with E-state index in [-0.39, 0.29) is 12.6 Å². The monoisotopic (exact) mass is 265 g/mol. The van der Waals surface area contributed by atoms with Crippen molar-refractivity contribution >= 4 is 5.97 Å². The average Bonchev–Trinajstić information content (AvgIpc) is 2.40. The van der Waals surface area contributed by atoms with Gasteiger partial charge in [-0.1, -0.05) is 12.1 Å². The summed E-state index contributed by atoms with van der Waals surface area (Å²) < 4.78 is 9.78. The Hall–Kier alpha value is -1.63. The second kappa shape index (κ2) is 6.51. The average molecular weight is 265 g/mol. The number of esters is 1. The number of carbonyl (C=O) groups is 1. The summed E-state index contributed by atoms with van der Waals surface area (Å²) >= 11 is 0. The van der Waals surface area contributed by atoms with E-state index in [0.29, 0.717) is 11.8 Å². The zero-order valence-corrected chi connectivity index (χ0v) is 11.0. The van der Waals surface area contributed by atoms with E-state index in [0.717, 1.165) is 19.6 Å². The molecule has 0 bridgehead atoms. The standard InChI is InChI=1S/C13H19N3O3/c1-18-13(17)9-19-12-4-2-10(3-5-12)6-16-7-11(8-16)15-14/h2-5,11,15H,6-9,14H2,1H3. The summed E-state index contributed by atoms with van der Waals surface area (Å²) in [7, 11) is 1.34. The maximum atomic E-state index is 10.9. The van der Waals surface area contributed by atoms with Crippen LogP contribution in [-0.2, 0) is 16.1 Å². The Morgan fingerprint density at radius 2 is 2.11 bits per heavy atom. The SMILES string of the molecule is COC(=O)COc1ccc(CN2CC(NN)C2)cc1. The third kappa shape index (κ3) is 3.92. The van der Waals surface area contributed by atoms with Crippen molar-refractivity contribution in [1.82, 2.24) is 10.3 Å². The van der Waals surface area contributed by atoms with Gasteiger partial charge in [0.1, 0.15) is 5.75 Å². The molecule has 0 saturated carbocycles. The minimum atomic E-state index is -0.384. The molecule has 0 radical (unpaired) electrons. The Kier molecular flexibility index (Phi) is 4.73. The van der Waals surface area contributed by atoms with Crippen molar-refractivity contribution < 1.29 is 14.3 Å². The van der Waals surface area contributed by atoms with Crippen LogP contribution in [0.4, 0.5) is 0 Å². The van der Waals surface area contributed by atoms with E-state index in [4.69, 9.17) is 10.6 Å². The van der Waals surface area contributed by atoms with Crippen molar-refractivity contribution in [2.75, 3.05) is 26.8 Å². The molecular weight excluding hydrogens is 246 g/mol. The minimum Gasteiger partial charge on any atom is -0.482 e. The second-order valence-electron chi connectivity index (χ2n) is 4.57. The zero-order chi connectivity index (χ0) is 13.7. The Morgan fingerprint density at radius 1 is 1.42 bits per heavy atom. The summed E-state index contributed by atoms with van der Waals surface area (Å²) in [6, 6.07) is 8.11. The number of rotatable bonds is 6. The normalized spacial score (nSPS) is 15.9. The highest BCUT2D eigenvalue weighted by molar-refractivity contribution is 5.70. The Bertz CT molecular complexity index is 416. The number of likely N-dealkylation sites (tertiary alicyclic amines) is 1. The third-order valence-corrected chi connectivity index (χ3v) is 3.11. The number of carbonyl (C=O) groups excluding carboxylic acids is 1. The summed E-state index contributed by atoms with van der Waals surface area (Å²) in [5.74, 6) is 5.63. The fraction of sp³-hybridized carbons (Fsp3) is 0.462. The van der Waals surface area contributed by atoms with Crippen LogP contribution >= 0.6 is 0 Å². The number of nitrogens with zero attached hydrogens (tertiary/aromatic N) is 1. The fourth-order valence-electron chi connectivity index (χ4n) is 1.95. The maximum Gasteiger partial charge on any atom is 0.343 e. The number of ether oxygens (including phenoxy) is 2. The van der Waals surface area contributed by atoms with Crippen LogP contribution in [0.25, 0.3) is 0 Å². The quantitative estimate of drug-likeness (QED) is 0.424. The van der Waals surface area contributed by atoms with Gasteiger partial charge in [-0.25, -0.2) is 4.79 Å². The highest BCUT2D eigenvalue weighted by atomic mass is 16.6. The molecule has 1 aliphatic heterocycles. The molecule has 1 fully saturated rings. The zero-order valence-electron chi connectivity index (χ0n) is 11.0. The largest absolute Gasteiger partial charge is 0.482 e. The van der Waals surface area contributed by atoms with Crippen LogP contribution in [0.15, 0.2) is 24.3 Å². The fourth-order valence-corrected chi connectivity index (χ4v) is 1.95. The first-order chi connectivity index (χ1) is 9.21. The van der Waals surface area contributed by atoms with Gasteiger partial charge in [0.15, 0.2) is 6.61 Å². The molecule has 0 amide bonds. The van der Waals surface area contributed by atoms with Gasteiger partial charge in [0.05, 0.1) is 7.11 Å². The Labute approximate surface area is 112 Å². The molecule has 1 saturated heterocycles. The van der Waals surface area contributed by atoms with Gasteiger partial charge >= 0.3 is 5.97 Å². The number of hydrogen-bond donors (Lipinski definition) is 2. The highest BCUT2D eigenvalue weighted by Gasteiger charge is 2.24. The van der Waals surface area contributed by atoms with E-state index in [9.17, 15) is 4.79 Å². The summed E-state index contributed by atoms with van der Waals surface area (Å²) in [5.41, 5.74) is 3.96. The molecule has 0 aliphatic carbocycles. The molecule has 0 unspecified atom stereocenters. The van der Waals surface area contributed by atoms with Gasteiger partial charge in [0.25, 0.3) is 0 Å². The van der Waals surface area contributed by atoms with Gasteiger partial charge in [0.2, 0.25) is 0 Å². The molecule has 1 aromatic carbocycles. The first kappa shape index (κ1) is 13.8. The first-order valence-corrected chi connectivity index (χ1v) is 6.18. The van der Waals surface area contributed by atoms with E-state index in [2.05, 4.69) is 15.1 Å². The molecule has 6 heteroatoms. The maximum absolute atomic E-state index is 10.9. The van der Waals surface area contributed by atoms with E-state index < -0.39 is 0 Å². The molecule has 0 atom stereocenters. The predicted molar refractivity (Wildman–Crippen MR) is 70.3 cm³/mol. The van der Waals surface area contributed by atoms with E-state index >= 15 is 0 Å². The summed E-state index contributed by atoms with van der Waals surface area (Å²) in [5, 5.41) is 0. The first-order valence-electron chi connectivity index (χ1n) is 6.18. The molecule has 0 aromatic heterocycles. The number of nitrogens with one attached hydrogen (secondary N) is 1. The van der Waals surface area contributed by atoms with E-state index in [1.165, 1.54) is 12.7 Å². The molecule has 104 valence electrons. The molecule has 1 aliphatic rings. The number of benzene rings is 1. The topological polar surface area (TPSA) is 76.8 Å². The van der Waals surface area contributed by atoms with E-state index in [1.54, 1.807) is 0 Å². The van der Waals surface area contributed by atoms with Crippen LogP contribution in [-0.4, -0.2) is 43.7 Å². The lowest BCUT2D eigenvalue weighted by Gasteiger charge is -2.38. The molecule has 3 N–H and O–H groups in total. The van der Waals surface area contributed by atoms with Crippen LogP contribution in [0.2, 0.25) is 0 Å². The van der Waals surface area contributed by atoms with Crippen LogP contribution < -0.4 is 16.0 Å². The van der Waals surface area contributed by atoms with Crippen molar-refractivity contribution in [1.29, 1.82) is 0 Å². The number of methoxy groups -OCH3 is 1. The van der Waals surface area contributed by atoms with Crippen molar-refractivity contribution in [3.8, 4) is 5.75 Å². The van der Waals surface area contributed by atoms with Crippen LogP contribution in [0.1, 0.15) is 5.56 Å². The van der Waals surface area contributed by atoms with Gasteiger partial charge in [0, 0.05) is 25.7 Å². The molecule has 19 heavy (non-hydrogen) atoms. The second-order valence-corrected chi connectivity index (χ2v) is 4.57. The van der Waals surface area contributed by atoms with Crippen molar-refractivity contribution in [2.45, 2.75) is 12.6 Å². The molecule has 2 rings (SSSR count). The van der Waals surface area contributed by atoms with E-state index in [1.807, 2.05) is 24.3 Å². The molecule has 1 aromatic rings. The molecular formula is C13H19N3O3. The Morgan fingerprint density at radius 3 is 2.68 bits per heavy atom. The highest BCUT2D eigenvalue weighted by Crippen LogP contribution is 2.16. The number of nitrogens with two attached hydrogens (primary N) is 1. The van der Waals surface area contributed by atoms with Crippen LogP contribution in [0.5, 0.6) is 5.75 Å². The van der Waals surface area contributed by atoms with Crippen LogP contribution in [0, 0.1) is 0 Å². The minimum absolute atomic E-state index is 0.0637. The van der Waals surface area contributed by atoms with Crippen LogP contribution in [0.3, 0.4) is 0 Å². The molecule has 6 nitrogen and oxygen atoms in total. The third-order valence-electron chi connectivity index (χ3n) is 3.11. The van der Waals surface area contributed by atoms with Crippen molar-refractivity contribution in [2.24, 2.45) is 5.84 Å². The lowest BCUT2D eigenvalue weighted by atomic mass is 10.1. The number of hydrogen-bond acceptors (Lipinski definition) is 6. The summed E-state index contributed by atoms with van der Waals surface area (Å²) in [6.45, 7) is 2.77. The summed E-state index contributed by atoms with van der Waals surface area (Å²) in [4.78, 5) is 13.2. The van der Waals surface area contributed by atoms with Gasteiger partial charge in [-0.15, -0.1) is 0 Å². The smallest absolute Gasteiger partial charge is 0.343 e. The lowest BCUT2D eigenvalue weighted by Crippen LogP contribution is -2.59. The van der Waals surface area contributed by atoms with Gasteiger partial charge in [-0.3, -0.25) is 16.2 Å². The lowest BCUT2D eigenvalue weighted by molar-refractivity contribution is -0.142.